The average Bonchev–Trinajstić information content (AvgIpc) is 2.80. The number of nitrogens with one attached hydrogen (secondary N) is 1. The van der Waals surface area contributed by atoms with Crippen LogP contribution < -0.4 is 5.32 Å². The number of hydrogen-bond acceptors (Lipinski definition) is 5. The van der Waals surface area contributed by atoms with Crippen molar-refractivity contribution in [2.24, 2.45) is 0 Å². The van der Waals surface area contributed by atoms with E-state index in [0.29, 0.717) is 17.8 Å². The molecule has 1 aromatic carbocycles. The Hall–Kier alpha value is -2.25. The van der Waals surface area contributed by atoms with Gasteiger partial charge in [0.2, 0.25) is 5.91 Å². The summed E-state index contributed by atoms with van der Waals surface area (Å²) in [6.07, 6.45) is 2.71. The van der Waals surface area contributed by atoms with Gasteiger partial charge in [-0.25, -0.2) is 0 Å². The number of carbonyl (C=O) groups is 3. The van der Waals surface area contributed by atoms with Gasteiger partial charge in [-0.05, 0) is 51.9 Å². The molecule has 1 unspecified atom stereocenters. The Balaban J connectivity index is 1.85. The lowest BCUT2D eigenvalue weighted by Crippen LogP contribution is -2.37. The zero-order valence-corrected chi connectivity index (χ0v) is 15.4. The van der Waals surface area contributed by atoms with Crippen molar-refractivity contribution in [2.75, 3.05) is 38.5 Å². The van der Waals surface area contributed by atoms with E-state index < -0.39 is 5.97 Å². The van der Waals surface area contributed by atoms with E-state index in [4.69, 9.17) is 5.11 Å². The van der Waals surface area contributed by atoms with Crippen LogP contribution in [-0.2, 0) is 9.59 Å². The number of rotatable bonds is 7. The summed E-state index contributed by atoms with van der Waals surface area (Å²) in [5.41, 5.74) is 1.19. The number of carboxylic acid groups (broad SMARTS) is 1. The second-order valence-corrected chi connectivity index (χ2v) is 6.85. The summed E-state index contributed by atoms with van der Waals surface area (Å²) in [6, 6.07) is 7.15. The monoisotopic (exact) mass is 361 g/mol. The third-order valence-electron chi connectivity index (χ3n) is 4.72. The van der Waals surface area contributed by atoms with E-state index in [1.807, 2.05) is 11.9 Å². The number of hydrogen-bond donors (Lipinski definition) is 2. The number of anilines is 1. The van der Waals surface area contributed by atoms with Crippen LogP contribution in [0.15, 0.2) is 24.3 Å². The minimum absolute atomic E-state index is 0.0369. The fraction of sp³-hybridized carbons (Fsp3) is 0.526. The van der Waals surface area contributed by atoms with Crippen LogP contribution in [0.1, 0.15) is 36.5 Å². The number of nitrogens with zero attached hydrogens (tertiary/aromatic N) is 2. The van der Waals surface area contributed by atoms with Gasteiger partial charge in [0.05, 0.1) is 13.1 Å². The van der Waals surface area contributed by atoms with Gasteiger partial charge in [0.25, 0.3) is 0 Å². The van der Waals surface area contributed by atoms with Crippen LogP contribution in [0.3, 0.4) is 0 Å². The highest BCUT2D eigenvalue weighted by Gasteiger charge is 2.22. The van der Waals surface area contributed by atoms with Crippen molar-refractivity contribution in [3.05, 3.63) is 29.8 Å². The van der Waals surface area contributed by atoms with Crippen molar-refractivity contribution in [3.8, 4) is 0 Å². The molecular weight excluding hydrogens is 334 g/mol. The van der Waals surface area contributed by atoms with Crippen LogP contribution in [0.2, 0.25) is 0 Å². The van der Waals surface area contributed by atoms with Crippen molar-refractivity contribution in [2.45, 2.75) is 32.2 Å². The SMILES string of the molecule is CC(=O)c1cccc(NC(=O)CN2CCCC(N(C)CC(=O)O)CC2)c1. The van der Waals surface area contributed by atoms with Crippen molar-refractivity contribution >= 4 is 23.3 Å². The summed E-state index contributed by atoms with van der Waals surface area (Å²) in [5, 5.41) is 11.8. The third-order valence-corrected chi connectivity index (χ3v) is 4.72. The first kappa shape index (κ1) is 20.1. The van der Waals surface area contributed by atoms with Crippen molar-refractivity contribution in [1.82, 2.24) is 9.80 Å². The second-order valence-electron chi connectivity index (χ2n) is 6.85. The molecule has 26 heavy (non-hydrogen) atoms. The van der Waals surface area contributed by atoms with Gasteiger partial charge in [-0.15, -0.1) is 0 Å². The van der Waals surface area contributed by atoms with Crippen LogP contribution >= 0.6 is 0 Å². The van der Waals surface area contributed by atoms with E-state index in [9.17, 15) is 14.4 Å². The van der Waals surface area contributed by atoms with Crippen LogP contribution in [0.25, 0.3) is 0 Å². The Morgan fingerprint density at radius 1 is 1.27 bits per heavy atom. The molecule has 1 saturated heterocycles. The summed E-state index contributed by atoms with van der Waals surface area (Å²) in [7, 11) is 1.84. The van der Waals surface area contributed by atoms with E-state index >= 15 is 0 Å². The van der Waals surface area contributed by atoms with Crippen molar-refractivity contribution in [3.63, 3.8) is 0 Å². The number of ketones is 1. The number of carbonyl (C=O) groups excluding carboxylic acids is 2. The highest BCUT2D eigenvalue weighted by atomic mass is 16.4. The zero-order valence-electron chi connectivity index (χ0n) is 15.4. The average molecular weight is 361 g/mol. The predicted octanol–water partition coefficient (Wildman–Crippen LogP) is 1.70. The molecular formula is C19H27N3O4. The Bertz CT molecular complexity index is 662. The number of likely N-dealkylation sites (tertiary alicyclic amines) is 1. The third kappa shape index (κ3) is 6.24. The maximum Gasteiger partial charge on any atom is 0.317 e. The van der Waals surface area contributed by atoms with Gasteiger partial charge in [-0.1, -0.05) is 12.1 Å². The summed E-state index contributed by atoms with van der Waals surface area (Å²) < 4.78 is 0. The Labute approximate surface area is 154 Å². The first-order chi connectivity index (χ1) is 12.3. The molecule has 0 spiro atoms. The molecule has 1 aliphatic heterocycles. The summed E-state index contributed by atoms with van der Waals surface area (Å²) in [4.78, 5) is 38.6. The molecule has 2 rings (SSSR count). The van der Waals surface area contributed by atoms with Gasteiger partial charge in [0.1, 0.15) is 0 Å². The predicted molar refractivity (Wildman–Crippen MR) is 99.4 cm³/mol. The quantitative estimate of drug-likeness (QED) is 0.719. The fourth-order valence-corrected chi connectivity index (χ4v) is 3.30. The number of aliphatic carboxylic acids is 1. The standard InChI is InChI=1S/C19H27N3O4/c1-14(23)15-5-3-6-16(11-15)20-18(24)12-22-9-4-7-17(8-10-22)21(2)13-19(25)26/h3,5-6,11,17H,4,7-10,12-13H2,1-2H3,(H,20,24)(H,25,26). The second kappa shape index (κ2) is 9.45. The topological polar surface area (TPSA) is 90.0 Å². The van der Waals surface area contributed by atoms with Crippen LogP contribution in [0.5, 0.6) is 0 Å². The van der Waals surface area contributed by atoms with E-state index in [0.717, 1.165) is 32.4 Å². The molecule has 1 aromatic rings. The molecule has 2 N–H and O–H groups in total. The molecule has 1 aliphatic rings. The molecule has 0 saturated carbocycles. The first-order valence-corrected chi connectivity index (χ1v) is 8.90. The van der Waals surface area contributed by atoms with E-state index in [1.165, 1.54) is 6.92 Å². The molecule has 142 valence electrons. The van der Waals surface area contributed by atoms with Gasteiger partial charge in [-0.3, -0.25) is 24.2 Å². The molecule has 1 fully saturated rings. The fourth-order valence-electron chi connectivity index (χ4n) is 3.30. The Morgan fingerprint density at radius 3 is 2.73 bits per heavy atom. The minimum Gasteiger partial charge on any atom is -0.480 e. The zero-order chi connectivity index (χ0) is 19.1. The normalized spacial score (nSPS) is 18.3. The van der Waals surface area contributed by atoms with Gasteiger partial charge >= 0.3 is 5.97 Å². The number of Topliss-reactive ketones (excluding diaryl/α,β-unsaturated/α-hetero) is 1. The lowest BCUT2D eigenvalue weighted by molar-refractivity contribution is -0.138. The molecule has 1 heterocycles. The first-order valence-electron chi connectivity index (χ1n) is 8.90. The lowest BCUT2D eigenvalue weighted by atomic mass is 10.1. The number of likely N-dealkylation sites (N-methyl/N-ethyl adjacent to an activating group) is 1. The largest absolute Gasteiger partial charge is 0.480 e. The summed E-state index contributed by atoms with van der Waals surface area (Å²) >= 11 is 0. The van der Waals surface area contributed by atoms with Gasteiger partial charge in [-0.2, -0.15) is 0 Å². The molecule has 0 bridgehead atoms. The van der Waals surface area contributed by atoms with Crippen LogP contribution in [0, 0.1) is 0 Å². The van der Waals surface area contributed by atoms with E-state index in [1.54, 1.807) is 24.3 Å². The van der Waals surface area contributed by atoms with Gasteiger partial charge < -0.3 is 10.4 Å². The van der Waals surface area contributed by atoms with Crippen molar-refractivity contribution in [1.29, 1.82) is 0 Å². The maximum atomic E-state index is 12.3. The molecule has 0 aliphatic carbocycles. The molecule has 0 radical (unpaired) electrons. The molecule has 7 heteroatoms. The van der Waals surface area contributed by atoms with Gasteiger partial charge in [0, 0.05) is 23.8 Å². The number of amides is 1. The molecule has 7 nitrogen and oxygen atoms in total. The molecule has 1 atom stereocenters. The number of benzene rings is 1. The van der Waals surface area contributed by atoms with E-state index in [2.05, 4.69) is 10.2 Å². The van der Waals surface area contributed by atoms with Gasteiger partial charge in [0.15, 0.2) is 5.78 Å². The van der Waals surface area contributed by atoms with Crippen LogP contribution in [0.4, 0.5) is 5.69 Å². The smallest absolute Gasteiger partial charge is 0.317 e. The highest BCUT2D eigenvalue weighted by Crippen LogP contribution is 2.16. The molecule has 0 aromatic heterocycles. The maximum absolute atomic E-state index is 12.3. The van der Waals surface area contributed by atoms with E-state index in [-0.39, 0.29) is 24.3 Å². The Kier molecular flexibility index (Phi) is 7.29. The van der Waals surface area contributed by atoms with Crippen molar-refractivity contribution < 1.29 is 19.5 Å². The number of carboxylic acids is 1. The molecule has 1 amide bonds. The Morgan fingerprint density at radius 2 is 2.04 bits per heavy atom. The van der Waals surface area contributed by atoms with Crippen LogP contribution in [-0.4, -0.2) is 71.8 Å². The summed E-state index contributed by atoms with van der Waals surface area (Å²) in [5.74, 6) is -0.964. The lowest BCUT2D eigenvalue weighted by Gasteiger charge is -2.25. The highest BCUT2D eigenvalue weighted by molar-refractivity contribution is 5.97. The minimum atomic E-state index is -0.819. The summed E-state index contributed by atoms with van der Waals surface area (Å²) in [6.45, 7) is 3.40.